The number of nitrogens with one attached hydrogen (secondary N) is 1. The molecular formula is C22H18ClN3O4S2. The average molecular weight is 488 g/mol. The van der Waals surface area contributed by atoms with Crippen LogP contribution in [0.5, 0.6) is 0 Å². The number of carbonyl (C=O) groups is 1. The number of anilines is 2. The van der Waals surface area contributed by atoms with E-state index in [1.807, 2.05) is 31.2 Å². The number of hydrogen-bond donors (Lipinski definition) is 3. The molecule has 4 N–H and O–H groups in total. The van der Waals surface area contributed by atoms with E-state index in [1.54, 1.807) is 6.07 Å². The first-order valence-corrected chi connectivity index (χ1v) is 12.1. The summed E-state index contributed by atoms with van der Waals surface area (Å²) in [4.78, 5) is 16.9. The molecule has 0 atom stereocenters. The summed E-state index contributed by atoms with van der Waals surface area (Å²) >= 11 is 7.14. The third-order valence-corrected chi connectivity index (χ3v) is 7.41. The molecule has 32 heavy (non-hydrogen) atoms. The maximum Gasteiger partial charge on any atom is 0.339 e. The number of thiophene rings is 1. The van der Waals surface area contributed by atoms with Crippen LogP contribution < -0.4 is 10.5 Å². The molecule has 0 aliphatic heterocycles. The van der Waals surface area contributed by atoms with Gasteiger partial charge in [0.1, 0.15) is 10.4 Å². The number of hydrogen-bond acceptors (Lipinski definition) is 6. The summed E-state index contributed by atoms with van der Waals surface area (Å²) in [6.45, 7) is 3.43. The van der Waals surface area contributed by atoms with E-state index in [4.69, 9.17) is 17.3 Å². The monoisotopic (exact) mass is 487 g/mol. The van der Waals surface area contributed by atoms with Gasteiger partial charge in [0.2, 0.25) is 0 Å². The Hall–Kier alpha value is -3.14. The van der Waals surface area contributed by atoms with E-state index >= 15 is 0 Å². The second kappa shape index (κ2) is 8.09. The van der Waals surface area contributed by atoms with Crippen LogP contribution in [0.15, 0.2) is 53.4 Å². The zero-order valence-electron chi connectivity index (χ0n) is 17.0. The van der Waals surface area contributed by atoms with Gasteiger partial charge in [-0.25, -0.2) is 18.2 Å². The third-order valence-electron chi connectivity index (χ3n) is 4.91. The zero-order valence-corrected chi connectivity index (χ0v) is 19.4. The predicted molar refractivity (Wildman–Crippen MR) is 128 cm³/mol. The number of carboxylic acid groups (broad SMARTS) is 1. The smallest absolute Gasteiger partial charge is 0.339 e. The first-order valence-electron chi connectivity index (χ1n) is 9.40. The van der Waals surface area contributed by atoms with Crippen molar-refractivity contribution in [1.29, 1.82) is 0 Å². The van der Waals surface area contributed by atoms with Gasteiger partial charge in [0.05, 0.1) is 21.3 Å². The number of benzene rings is 2. The molecule has 0 aliphatic carbocycles. The minimum Gasteiger partial charge on any atom is -0.478 e. The summed E-state index contributed by atoms with van der Waals surface area (Å²) in [6, 6.07) is 13.2. The summed E-state index contributed by atoms with van der Waals surface area (Å²) in [7, 11) is -4.16. The molecule has 10 heteroatoms. The van der Waals surface area contributed by atoms with E-state index in [0.717, 1.165) is 11.1 Å². The molecule has 4 rings (SSSR count). The number of nitrogen functional groups attached to an aromatic ring is 1. The highest BCUT2D eigenvalue weighted by Gasteiger charge is 2.28. The van der Waals surface area contributed by atoms with Crippen molar-refractivity contribution in [2.45, 2.75) is 18.7 Å². The predicted octanol–water partition coefficient (Wildman–Crippen LogP) is 5.31. The fourth-order valence-electron chi connectivity index (χ4n) is 3.54. The fourth-order valence-corrected chi connectivity index (χ4v) is 5.94. The first kappa shape index (κ1) is 22.1. The standard InChI is InChI=1S/C22H18ClN3O4S2/c1-11-5-3-6-13(9-11)17-18-19(26-32(29,30)15-8-4-7-14(23)10-15)16(22(27)28)12(2)25-21(18)31-20(17)24/h3-10H,24H2,1-2H3,(H,25,26)(H,27,28). The lowest BCUT2D eigenvalue weighted by molar-refractivity contribution is 0.0697. The Morgan fingerprint density at radius 2 is 1.88 bits per heavy atom. The van der Waals surface area contributed by atoms with Crippen molar-refractivity contribution in [3.63, 3.8) is 0 Å². The number of aromatic nitrogens is 1. The normalized spacial score (nSPS) is 11.6. The number of halogens is 1. The average Bonchev–Trinajstić information content (AvgIpc) is 3.03. The van der Waals surface area contributed by atoms with Gasteiger partial charge in [0, 0.05) is 16.0 Å². The van der Waals surface area contributed by atoms with Gasteiger partial charge in [-0.05, 0) is 37.6 Å². The number of nitrogens with zero attached hydrogens (tertiary/aromatic N) is 1. The fraction of sp³-hybridized carbons (Fsp3) is 0.0909. The summed E-state index contributed by atoms with van der Waals surface area (Å²) < 4.78 is 28.8. The molecule has 0 radical (unpaired) electrons. The number of nitrogens with two attached hydrogens (primary N) is 1. The first-order chi connectivity index (χ1) is 15.1. The van der Waals surface area contributed by atoms with E-state index < -0.39 is 16.0 Å². The Kier molecular flexibility index (Phi) is 5.58. The lowest BCUT2D eigenvalue weighted by Crippen LogP contribution is -2.17. The van der Waals surface area contributed by atoms with Crippen molar-refractivity contribution in [2.75, 3.05) is 10.5 Å². The Morgan fingerprint density at radius 3 is 2.53 bits per heavy atom. The second-order valence-electron chi connectivity index (χ2n) is 7.21. The van der Waals surface area contributed by atoms with E-state index in [2.05, 4.69) is 9.71 Å². The van der Waals surface area contributed by atoms with Crippen molar-refractivity contribution < 1.29 is 18.3 Å². The molecular weight excluding hydrogens is 470 g/mol. The topological polar surface area (TPSA) is 122 Å². The molecule has 0 unspecified atom stereocenters. The van der Waals surface area contributed by atoms with Gasteiger partial charge >= 0.3 is 5.97 Å². The lowest BCUT2D eigenvalue weighted by atomic mass is 10.00. The van der Waals surface area contributed by atoms with E-state index in [9.17, 15) is 18.3 Å². The highest BCUT2D eigenvalue weighted by Crippen LogP contribution is 2.46. The molecule has 2 aromatic heterocycles. The molecule has 0 amide bonds. The van der Waals surface area contributed by atoms with Crippen LogP contribution in [0, 0.1) is 13.8 Å². The minimum absolute atomic E-state index is 0.0792. The molecule has 164 valence electrons. The van der Waals surface area contributed by atoms with Crippen LogP contribution in [-0.4, -0.2) is 24.5 Å². The maximum atomic E-state index is 13.2. The van der Waals surface area contributed by atoms with Gasteiger partial charge in [0.15, 0.2) is 0 Å². The van der Waals surface area contributed by atoms with Crippen molar-refractivity contribution in [1.82, 2.24) is 4.98 Å². The number of carboxylic acids is 1. The van der Waals surface area contributed by atoms with Gasteiger partial charge in [-0.1, -0.05) is 58.8 Å². The lowest BCUT2D eigenvalue weighted by Gasteiger charge is -2.15. The molecule has 7 nitrogen and oxygen atoms in total. The number of sulfonamides is 1. The molecule has 0 saturated carbocycles. The quantitative estimate of drug-likeness (QED) is 0.350. The summed E-state index contributed by atoms with van der Waals surface area (Å²) in [5.74, 6) is -1.30. The van der Waals surface area contributed by atoms with Gasteiger partial charge in [-0.15, -0.1) is 0 Å². The van der Waals surface area contributed by atoms with Gasteiger partial charge < -0.3 is 10.8 Å². The molecule has 0 fully saturated rings. The van der Waals surface area contributed by atoms with Gasteiger partial charge in [0.25, 0.3) is 10.0 Å². The third kappa shape index (κ3) is 3.90. The number of aryl methyl sites for hydroxylation is 2. The highest BCUT2D eigenvalue weighted by molar-refractivity contribution is 7.92. The van der Waals surface area contributed by atoms with Crippen LogP contribution in [0.4, 0.5) is 10.7 Å². The molecule has 0 spiro atoms. The van der Waals surface area contributed by atoms with Crippen molar-refractivity contribution in [2.24, 2.45) is 0 Å². The number of aromatic carboxylic acids is 1. The van der Waals surface area contributed by atoms with Crippen LogP contribution in [0.3, 0.4) is 0 Å². The van der Waals surface area contributed by atoms with Crippen LogP contribution in [0.1, 0.15) is 21.6 Å². The summed E-state index contributed by atoms with van der Waals surface area (Å²) in [5.41, 5.74) is 8.41. The molecule has 0 bridgehead atoms. The highest BCUT2D eigenvalue weighted by atomic mass is 35.5. The molecule has 2 heterocycles. The number of pyridine rings is 1. The molecule has 2 aromatic carbocycles. The van der Waals surface area contributed by atoms with E-state index in [1.165, 1.54) is 36.5 Å². The van der Waals surface area contributed by atoms with Gasteiger partial charge in [-0.2, -0.15) is 0 Å². The molecule has 4 aromatic rings. The molecule has 0 aliphatic rings. The van der Waals surface area contributed by atoms with Crippen LogP contribution in [0.2, 0.25) is 5.02 Å². The van der Waals surface area contributed by atoms with Crippen LogP contribution in [-0.2, 0) is 10.0 Å². The number of rotatable bonds is 5. The van der Waals surface area contributed by atoms with Crippen molar-refractivity contribution >= 4 is 59.8 Å². The van der Waals surface area contributed by atoms with Crippen LogP contribution >= 0.6 is 22.9 Å². The Labute approximate surface area is 193 Å². The van der Waals surface area contributed by atoms with Crippen molar-refractivity contribution in [3.8, 4) is 11.1 Å². The number of fused-ring (bicyclic) bond motifs is 1. The minimum atomic E-state index is -4.16. The van der Waals surface area contributed by atoms with E-state index in [0.29, 0.717) is 20.8 Å². The summed E-state index contributed by atoms with van der Waals surface area (Å²) in [6.07, 6.45) is 0. The summed E-state index contributed by atoms with van der Waals surface area (Å²) in [5, 5.41) is 10.9. The SMILES string of the molecule is Cc1cccc(-c2c(N)sc3nc(C)c(C(=O)O)c(NS(=O)(=O)c4cccc(Cl)c4)c23)c1. The Bertz CT molecular complexity index is 1500. The molecule has 0 saturated heterocycles. The van der Waals surface area contributed by atoms with Crippen LogP contribution in [0.25, 0.3) is 21.3 Å². The second-order valence-corrected chi connectivity index (χ2v) is 10.4. The zero-order chi connectivity index (χ0) is 23.2. The largest absolute Gasteiger partial charge is 0.478 e. The Morgan fingerprint density at radius 1 is 1.16 bits per heavy atom. The Balaban J connectivity index is 2.06. The van der Waals surface area contributed by atoms with E-state index in [-0.39, 0.29) is 26.9 Å². The van der Waals surface area contributed by atoms with Crippen molar-refractivity contribution in [3.05, 3.63) is 70.4 Å². The van der Waals surface area contributed by atoms with Gasteiger partial charge in [-0.3, -0.25) is 4.72 Å². The maximum absolute atomic E-state index is 13.2.